The molecule has 3 N–H and O–H groups in total. The van der Waals surface area contributed by atoms with Gasteiger partial charge in [0.25, 0.3) is 5.92 Å². The van der Waals surface area contributed by atoms with Crippen LogP contribution in [0.5, 0.6) is 0 Å². The van der Waals surface area contributed by atoms with E-state index in [9.17, 15) is 40.0 Å². The summed E-state index contributed by atoms with van der Waals surface area (Å²) < 4.78 is 91.1. The molecule has 1 atom stereocenters. The Labute approximate surface area is 230 Å². The summed E-state index contributed by atoms with van der Waals surface area (Å²) in [5, 5.41) is 2.37. The molecule has 0 aromatic heterocycles. The lowest BCUT2D eigenvalue weighted by molar-refractivity contribution is -0.137. The standard InChI is InChI=1S/C23H23Cl2F5N4O4S/c24-8-9-39(37,38)33-31-13-19(35)34(16-5-3-4-14(10-16)23(28,29)30)20(17-6-1-2-7-18(17)25)21(36)32-15-11-22(26,27)12-15/h1-7,10,15,20,31,33H,8-9,11-13H2,(H,32,36). The van der Waals surface area contributed by atoms with Gasteiger partial charge in [0.15, 0.2) is 0 Å². The molecule has 2 aromatic rings. The van der Waals surface area contributed by atoms with Crippen molar-refractivity contribution in [1.82, 2.24) is 15.6 Å². The Hall–Kier alpha value is -2.52. The van der Waals surface area contributed by atoms with E-state index in [-0.39, 0.29) is 22.2 Å². The third-order valence-electron chi connectivity index (χ3n) is 5.68. The topological polar surface area (TPSA) is 108 Å². The highest BCUT2D eigenvalue weighted by molar-refractivity contribution is 7.89. The highest BCUT2D eigenvalue weighted by atomic mass is 35.5. The highest BCUT2D eigenvalue weighted by Gasteiger charge is 2.47. The quantitative estimate of drug-likeness (QED) is 0.201. The molecular weight excluding hydrogens is 594 g/mol. The van der Waals surface area contributed by atoms with Gasteiger partial charge in [0.05, 0.1) is 17.9 Å². The molecule has 0 radical (unpaired) electrons. The minimum absolute atomic E-state index is 0.00349. The maximum absolute atomic E-state index is 13.5. The van der Waals surface area contributed by atoms with E-state index in [1.165, 1.54) is 24.3 Å². The minimum atomic E-state index is -4.81. The Morgan fingerprint density at radius 3 is 2.36 bits per heavy atom. The number of rotatable bonds is 11. The van der Waals surface area contributed by atoms with E-state index < -0.39 is 76.7 Å². The molecule has 0 saturated heterocycles. The Morgan fingerprint density at radius 1 is 1.10 bits per heavy atom. The number of benzene rings is 2. The first kappa shape index (κ1) is 31.0. The summed E-state index contributed by atoms with van der Waals surface area (Å²) in [6, 6.07) is 6.59. The molecule has 8 nitrogen and oxygen atoms in total. The van der Waals surface area contributed by atoms with Gasteiger partial charge in [0, 0.05) is 41.0 Å². The van der Waals surface area contributed by atoms with Crippen LogP contribution in [0.2, 0.25) is 5.02 Å². The Balaban J connectivity index is 2.04. The van der Waals surface area contributed by atoms with E-state index >= 15 is 0 Å². The fourth-order valence-electron chi connectivity index (χ4n) is 3.87. The monoisotopic (exact) mass is 616 g/mol. The summed E-state index contributed by atoms with van der Waals surface area (Å²) in [6.07, 6.45) is -6.12. The van der Waals surface area contributed by atoms with Gasteiger partial charge in [-0.05, 0) is 24.3 Å². The first-order valence-corrected chi connectivity index (χ1v) is 13.9. The Bertz CT molecular complexity index is 1310. The molecule has 1 aliphatic rings. The number of hydrazine groups is 1. The van der Waals surface area contributed by atoms with Crippen LogP contribution in [0.15, 0.2) is 48.5 Å². The fourth-order valence-corrected chi connectivity index (χ4v) is 5.31. The Morgan fingerprint density at radius 2 is 1.77 bits per heavy atom. The van der Waals surface area contributed by atoms with Gasteiger partial charge in [0.2, 0.25) is 21.8 Å². The SMILES string of the molecule is O=C(NC1CC(F)(F)C1)C(c1ccccc1Cl)N(C(=O)CNNS(=O)(=O)CCCl)c1cccc(C(F)(F)F)c1. The first-order chi connectivity index (χ1) is 18.1. The number of anilines is 1. The molecule has 3 rings (SSSR count). The molecule has 0 aliphatic heterocycles. The number of alkyl halides is 6. The van der Waals surface area contributed by atoms with Crippen molar-refractivity contribution in [2.24, 2.45) is 0 Å². The van der Waals surface area contributed by atoms with Crippen LogP contribution >= 0.6 is 23.2 Å². The van der Waals surface area contributed by atoms with Crippen LogP contribution in [0.1, 0.15) is 30.0 Å². The van der Waals surface area contributed by atoms with Crippen LogP contribution in [0.4, 0.5) is 27.6 Å². The second-order valence-corrected chi connectivity index (χ2v) is 11.3. The number of hydrogen-bond donors (Lipinski definition) is 3. The van der Waals surface area contributed by atoms with Crippen molar-refractivity contribution in [3.8, 4) is 0 Å². The smallest absolute Gasteiger partial charge is 0.351 e. The van der Waals surface area contributed by atoms with Gasteiger partial charge in [-0.2, -0.15) is 18.0 Å². The molecule has 214 valence electrons. The molecule has 0 heterocycles. The maximum atomic E-state index is 13.5. The number of halogens is 7. The molecule has 1 fully saturated rings. The lowest BCUT2D eigenvalue weighted by atomic mass is 9.87. The van der Waals surface area contributed by atoms with E-state index in [0.717, 1.165) is 18.2 Å². The van der Waals surface area contributed by atoms with Crippen molar-refractivity contribution in [3.05, 3.63) is 64.7 Å². The number of sulfonamides is 1. The van der Waals surface area contributed by atoms with Gasteiger partial charge in [-0.25, -0.2) is 22.6 Å². The average molecular weight is 617 g/mol. The fraction of sp³-hybridized carbons (Fsp3) is 0.391. The lowest BCUT2D eigenvalue weighted by Crippen LogP contribution is -2.55. The molecule has 16 heteroatoms. The number of carbonyl (C=O) groups excluding carboxylic acids is 2. The van der Waals surface area contributed by atoms with Crippen LogP contribution in [0.25, 0.3) is 0 Å². The lowest BCUT2D eigenvalue weighted by Gasteiger charge is -2.38. The maximum Gasteiger partial charge on any atom is 0.416 e. The highest BCUT2D eigenvalue weighted by Crippen LogP contribution is 2.39. The first-order valence-electron chi connectivity index (χ1n) is 11.3. The van der Waals surface area contributed by atoms with E-state index in [1.807, 2.05) is 4.83 Å². The van der Waals surface area contributed by atoms with E-state index in [1.54, 1.807) is 0 Å². The second kappa shape index (κ2) is 12.3. The van der Waals surface area contributed by atoms with Crippen LogP contribution in [0, 0.1) is 0 Å². The predicted molar refractivity (Wildman–Crippen MR) is 135 cm³/mol. The summed E-state index contributed by atoms with van der Waals surface area (Å²) in [6.45, 7) is -0.812. The van der Waals surface area contributed by atoms with E-state index in [0.29, 0.717) is 11.0 Å². The molecule has 0 bridgehead atoms. The molecule has 0 spiro atoms. The van der Waals surface area contributed by atoms with Gasteiger partial charge in [0.1, 0.15) is 6.04 Å². The average Bonchev–Trinajstić information content (AvgIpc) is 2.81. The van der Waals surface area contributed by atoms with Crippen molar-refractivity contribution in [2.45, 2.75) is 37.0 Å². The molecule has 1 unspecified atom stereocenters. The predicted octanol–water partition coefficient (Wildman–Crippen LogP) is 4.01. The van der Waals surface area contributed by atoms with Gasteiger partial charge in [-0.15, -0.1) is 11.6 Å². The minimum Gasteiger partial charge on any atom is -0.351 e. The van der Waals surface area contributed by atoms with Crippen molar-refractivity contribution in [1.29, 1.82) is 0 Å². The van der Waals surface area contributed by atoms with Crippen LogP contribution in [-0.4, -0.2) is 50.4 Å². The van der Waals surface area contributed by atoms with Crippen molar-refractivity contribution in [3.63, 3.8) is 0 Å². The molecule has 1 saturated carbocycles. The summed E-state index contributed by atoms with van der Waals surface area (Å²) >= 11 is 11.7. The van der Waals surface area contributed by atoms with E-state index in [4.69, 9.17) is 23.2 Å². The molecule has 1 aliphatic carbocycles. The third-order valence-corrected chi connectivity index (χ3v) is 7.63. The number of carbonyl (C=O) groups is 2. The van der Waals surface area contributed by atoms with Gasteiger partial charge in [-0.3, -0.25) is 14.5 Å². The molecule has 39 heavy (non-hydrogen) atoms. The molecular formula is C23H23Cl2F5N4O4S. The van der Waals surface area contributed by atoms with Crippen molar-refractivity contribution < 1.29 is 40.0 Å². The van der Waals surface area contributed by atoms with Gasteiger partial charge in [-0.1, -0.05) is 35.9 Å². The number of hydrogen-bond acceptors (Lipinski definition) is 5. The van der Waals surface area contributed by atoms with Crippen LogP contribution in [0.3, 0.4) is 0 Å². The normalized spacial score (nSPS) is 16.3. The van der Waals surface area contributed by atoms with Crippen LogP contribution < -0.4 is 20.5 Å². The van der Waals surface area contributed by atoms with Crippen LogP contribution in [-0.2, 0) is 25.8 Å². The molecule has 2 aromatic carbocycles. The van der Waals surface area contributed by atoms with Crippen molar-refractivity contribution >= 4 is 50.7 Å². The summed E-state index contributed by atoms with van der Waals surface area (Å²) in [4.78, 5) is 29.5. The zero-order valence-corrected chi connectivity index (χ0v) is 22.3. The number of nitrogens with one attached hydrogen (secondary N) is 3. The largest absolute Gasteiger partial charge is 0.416 e. The Kier molecular flexibility index (Phi) is 9.81. The second-order valence-electron chi connectivity index (χ2n) is 8.67. The zero-order valence-electron chi connectivity index (χ0n) is 19.9. The summed E-state index contributed by atoms with van der Waals surface area (Å²) in [7, 11) is -3.95. The number of nitrogens with zero attached hydrogens (tertiary/aromatic N) is 1. The van der Waals surface area contributed by atoms with Gasteiger partial charge < -0.3 is 5.32 Å². The van der Waals surface area contributed by atoms with Gasteiger partial charge >= 0.3 is 6.18 Å². The summed E-state index contributed by atoms with van der Waals surface area (Å²) in [5.41, 5.74) is 0.652. The van der Waals surface area contributed by atoms with E-state index in [2.05, 4.69) is 10.7 Å². The number of amides is 2. The van der Waals surface area contributed by atoms with Crippen molar-refractivity contribution in [2.75, 3.05) is 23.1 Å². The third kappa shape index (κ3) is 8.24. The zero-order chi connectivity index (χ0) is 29.0. The summed E-state index contributed by atoms with van der Waals surface area (Å²) in [5.74, 6) is -5.75. The molecule has 2 amide bonds.